The van der Waals surface area contributed by atoms with Crippen molar-refractivity contribution in [2.45, 2.75) is 17.7 Å². The van der Waals surface area contributed by atoms with Crippen LogP contribution in [0.2, 0.25) is 0 Å². The van der Waals surface area contributed by atoms with Crippen LogP contribution in [-0.4, -0.2) is 77.8 Å². The maximum Gasteiger partial charge on any atom is 0.243 e. The maximum atomic E-state index is 13.0. The number of ether oxygens (including phenoxy) is 3. The summed E-state index contributed by atoms with van der Waals surface area (Å²) in [6.07, 6.45) is 1.79. The normalized spacial score (nSPS) is 20.8. The van der Waals surface area contributed by atoms with E-state index in [1.165, 1.54) is 20.3 Å². The van der Waals surface area contributed by atoms with Gasteiger partial charge in [0.15, 0.2) is 11.5 Å². The molecule has 0 N–H and O–H groups in total. The average molecular weight is 384 g/mol. The van der Waals surface area contributed by atoms with E-state index in [1.54, 1.807) is 16.4 Å². The van der Waals surface area contributed by atoms with Gasteiger partial charge in [0.1, 0.15) is 0 Å². The molecule has 0 saturated carbocycles. The van der Waals surface area contributed by atoms with Crippen LogP contribution in [0.4, 0.5) is 0 Å². The third-order valence-corrected chi connectivity index (χ3v) is 7.08. The summed E-state index contributed by atoms with van der Waals surface area (Å²) >= 11 is 0. The molecule has 0 atom stereocenters. The van der Waals surface area contributed by atoms with E-state index in [0.717, 1.165) is 45.7 Å². The van der Waals surface area contributed by atoms with Gasteiger partial charge in [0, 0.05) is 38.8 Å². The van der Waals surface area contributed by atoms with Crippen molar-refractivity contribution in [2.24, 2.45) is 5.92 Å². The van der Waals surface area contributed by atoms with Crippen molar-refractivity contribution in [3.8, 4) is 11.5 Å². The lowest BCUT2D eigenvalue weighted by atomic mass is 9.97. The van der Waals surface area contributed by atoms with E-state index in [-0.39, 0.29) is 4.90 Å². The van der Waals surface area contributed by atoms with Crippen LogP contribution >= 0.6 is 0 Å². The second-order valence-corrected chi connectivity index (χ2v) is 8.72. The Morgan fingerprint density at radius 2 is 1.69 bits per heavy atom. The zero-order valence-corrected chi connectivity index (χ0v) is 16.3. The molecular weight excluding hydrogens is 356 g/mol. The quantitative estimate of drug-likeness (QED) is 0.739. The molecule has 2 aliphatic rings. The Morgan fingerprint density at radius 1 is 1.04 bits per heavy atom. The molecule has 2 fully saturated rings. The molecule has 3 rings (SSSR count). The molecule has 26 heavy (non-hydrogen) atoms. The Bertz CT molecular complexity index is 696. The summed E-state index contributed by atoms with van der Waals surface area (Å²) in [5.41, 5.74) is 0. The predicted molar refractivity (Wildman–Crippen MR) is 98.3 cm³/mol. The van der Waals surface area contributed by atoms with Crippen LogP contribution in [0, 0.1) is 5.92 Å². The first kappa shape index (κ1) is 19.4. The fourth-order valence-corrected chi connectivity index (χ4v) is 5.09. The lowest BCUT2D eigenvalue weighted by molar-refractivity contribution is 0.0269. The number of morpholine rings is 1. The van der Waals surface area contributed by atoms with Gasteiger partial charge >= 0.3 is 0 Å². The highest BCUT2D eigenvalue weighted by Gasteiger charge is 2.31. The minimum Gasteiger partial charge on any atom is -0.493 e. The number of benzene rings is 1. The van der Waals surface area contributed by atoms with Crippen LogP contribution in [0.15, 0.2) is 23.1 Å². The molecule has 0 bridgehead atoms. The van der Waals surface area contributed by atoms with E-state index in [1.807, 2.05) is 0 Å². The topological polar surface area (TPSA) is 68.3 Å². The van der Waals surface area contributed by atoms with Gasteiger partial charge in [-0.1, -0.05) is 0 Å². The van der Waals surface area contributed by atoms with E-state index < -0.39 is 10.0 Å². The Labute approximate surface area is 155 Å². The van der Waals surface area contributed by atoms with Crippen LogP contribution in [0.3, 0.4) is 0 Å². The van der Waals surface area contributed by atoms with Crippen molar-refractivity contribution in [1.29, 1.82) is 0 Å². The third kappa shape index (κ3) is 4.31. The largest absolute Gasteiger partial charge is 0.493 e. The zero-order chi connectivity index (χ0) is 18.6. The van der Waals surface area contributed by atoms with E-state index in [0.29, 0.717) is 30.5 Å². The van der Waals surface area contributed by atoms with Gasteiger partial charge in [0.2, 0.25) is 10.0 Å². The van der Waals surface area contributed by atoms with Gasteiger partial charge in [-0.3, -0.25) is 4.90 Å². The molecule has 1 aromatic carbocycles. The van der Waals surface area contributed by atoms with Crippen molar-refractivity contribution < 1.29 is 22.6 Å². The second-order valence-electron chi connectivity index (χ2n) is 6.78. The van der Waals surface area contributed by atoms with Gasteiger partial charge in [0.25, 0.3) is 0 Å². The Hall–Kier alpha value is -1.35. The molecule has 7 nitrogen and oxygen atoms in total. The highest BCUT2D eigenvalue weighted by molar-refractivity contribution is 7.89. The molecule has 0 aromatic heterocycles. The van der Waals surface area contributed by atoms with Crippen LogP contribution in [0.5, 0.6) is 11.5 Å². The number of sulfonamides is 1. The first-order chi connectivity index (χ1) is 12.5. The number of rotatable bonds is 6. The molecule has 0 amide bonds. The molecule has 8 heteroatoms. The van der Waals surface area contributed by atoms with Crippen molar-refractivity contribution in [3.05, 3.63) is 18.2 Å². The van der Waals surface area contributed by atoms with Crippen LogP contribution in [0.1, 0.15) is 12.8 Å². The molecule has 2 aliphatic heterocycles. The molecule has 1 aromatic rings. The number of methoxy groups -OCH3 is 2. The molecular formula is C18H28N2O5S. The summed E-state index contributed by atoms with van der Waals surface area (Å²) in [4.78, 5) is 2.67. The highest BCUT2D eigenvalue weighted by Crippen LogP contribution is 2.32. The fraction of sp³-hybridized carbons (Fsp3) is 0.667. The van der Waals surface area contributed by atoms with Crippen LogP contribution < -0.4 is 9.47 Å². The molecule has 0 radical (unpaired) electrons. The van der Waals surface area contributed by atoms with Crippen molar-refractivity contribution in [2.75, 3.05) is 60.2 Å². The Morgan fingerprint density at radius 3 is 2.31 bits per heavy atom. The smallest absolute Gasteiger partial charge is 0.243 e. The first-order valence-electron chi connectivity index (χ1n) is 9.07. The van der Waals surface area contributed by atoms with Crippen molar-refractivity contribution in [3.63, 3.8) is 0 Å². The number of piperidine rings is 1. The van der Waals surface area contributed by atoms with Crippen molar-refractivity contribution >= 4 is 10.0 Å². The number of hydrogen-bond donors (Lipinski definition) is 0. The lowest BCUT2D eigenvalue weighted by Crippen LogP contribution is -2.44. The van der Waals surface area contributed by atoms with E-state index in [4.69, 9.17) is 14.2 Å². The van der Waals surface area contributed by atoms with Gasteiger partial charge in [-0.25, -0.2) is 8.42 Å². The van der Waals surface area contributed by atoms with Gasteiger partial charge in [0.05, 0.1) is 32.3 Å². The fourth-order valence-electron chi connectivity index (χ4n) is 3.61. The minimum absolute atomic E-state index is 0.252. The molecule has 0 aliphatic carbocycles. The summed E-state index contributed by atoms with van der Waals surface area (Å²) in [7, 11) is -0.474. The molecule has 146 valence electrons. The third-order valence-electron chi connectivity index (χ3n) is 5.19. The first-order valence-corrected chi connectivity index (χ1v) is 10.5. The average Bonchev–Trinajstić information content (AvgIpc) is 2.68. The summed E-state index contributed by atoms with van der Waals surface area (Å²) < 4.78 is 43.3. The second kappa shape index (κ2) is 8.56. The molecule has 2 saturated heterocycles. The minimum atomic E-state index is -3.51. The summed E-state index contributed by atoms with van der Waals surface area (Å²) in [5, 5.41) is 0. The molecule has 2 heterocycles. The number of hydrogen-bond acceptors (Lipinski definition) is 6. The van der Waals surface area contributed by atoms with E-state index in [9.17, 15) is 8.42 Å². The molecule has 0 spiro atoms. The Kier molecular flexibility index (Phi) is 6.39. The van der Waals surface area contributed by atoms with Crippen molar-refractivity contribution in [1.82, 2.24) is 9.21 Å². The summed E-state index contributed by atoms with van der Waals surface area (Å²) in [6.45, 7) is 5.71. The van der Waals surface area contributed by atoms with E-state index >= 15 is 0 Å². The van der Waals surface area contributed by atoms with E-state index in [2.05, 4.69) is 4.90 Å². The van der Waals surface area contributed by atoms with Gasteiger partial charge in [-0.05, 0) is 30.9 Å². The van der Waals surface area contributed by atoms with Crippen LogP contribution in [-0.2, 0) is 14.8 Å². The summed E-state index contributed by atoms with van der Waals surface area (Å²) in [5.74, 6) is 1.50. The van der Waals surface area contributed by atoms with Gasteiger partial charge < -0.3 is 14.2 Å². The monoisotopic (exact) mass is 384 g/mol. The molecule has 0 unspecified atom stereocenters. The SMILES string of the molecule is COc1ccc(S(=O)(=O)N2CCC(CN3CCOCC3)CC2)cc1OC. The standard InChI is InChI=1S/C18H28N2O5S/c1-23-17-4-3-16(13-18(17)24-2)26(21,22)20-7-5-15(6-8-20)14-19-9-11-25-12-10-19/h3-4,13,15H,5-12,14H2,1-2H3. The summed E-state index contributed by atoms with van der Waals surface area (Å²) in [6, 6.07) is 4.75. The lowest BCUT2D eigenvalue weighted by Gasteiger charge is -2.35. The van der Waals surface area contributed by atoms with Gasteiger partial charge in [-0.15, -0.1) is 0 Å². The Balaban J connectivity index is 1.62. The van der Waals surface area contributed by atoms with Gasteiger partial charge in [-0.2, -0.15) is 4.31 Å². The number of nitrogens with zero attached hydrogens (tertiary/aromatic N) is 2. The van der Waals surface area contributed by atoms with Crippen LogP contribution in [0.25, 0.3) is 0 Å². The maximum absolute atomic E-state index is 13.0. The predicted octanol–water partition coefficient (Wildman–Crippen LogP) is 1.44. The highest BCUT2D eigenvalue weighted by atomic mass is 32.2. The zero-order valence-electron chi connectivity index (χ0n) is 15.5.